The molecular weight excluding hydrogens is 280 g/mol. The molecule has 0 aromatic rings. The van der Waals surface area contributed by atoms with Crippen molar-refractivity contribution in [1.82, 2.24) is 0 Å². The SMILES string of the molecule is CCCCOC(=O)CCCCC(=O)OCC(CC)CCCC. The second kappa shape index (κ2) is 14.9. The highest BCUT2D eigenvalue weighted by Gasteiger charge is 2.10. The predicted octanol–water partition coefficient (Wildman–Crippen LogP) is 4.65. The van der Waals surface area contributed by atoms with Gasteiger partial charge in [-0.25, -0.2) is 0 Å². The molecule has 22 heavy (non-hydrogen) atoms. The minimum Gasteiger partial charge on any atom is -0.466 e. The number of hydrogen-bond acceptors (Lipinski definition) is 4. The van der Waals surface area contributed by atoms with E-state index < -0.39 is 0 Å². The lowest BCUT2D eigenvalue weighted by Gasteiger charge is -2.14. The number of carbonyl (C=O) groups is 2. The first-order valence-electron chi connectivity index (χ1n) is 8.95. The molecule has 0 N–H and O–H groups in total. The molecule has 0 aromatic carbocycles. The first-order chi connectivity index (χ1) is 10.6. The molecule has 4 nitrogen and oxygen atoms in total. The number of unbranched alkanes of at least 4 members (excludes halogenated alkanes) is 3. The molecule has 4 heteroatoms. The van der Waals surface area contributed by atoms with E-state index in [-0.39, 0.29) is 11.9 Å². The number of esters is 2. The fourth-order valence-electron chi connectivity index (χ4n) is 2.12. The molecule has 1 unspecified atom stereocenters. The van der Waals surface area contributed by atoms with Gasteiger partial charge in [-0.1, -0.05) is 46.5 Å². The predicted molar refractivity (Wildman–Crippen MR) is 88.6 cm³/mol. The van der Waals surface area contributed by atoms with Crippen LogP contribution in [0, 0.1) is 5.92 Å². The summed E-state index contributed by atoms with van der Waals surface area (Å²) < 4.78 is 10.4. The second-order valence-electron chi connectivity index (χ2n) is 5.88. The number of ether oxygens (including phenoxy) is 2. The van der Waals surface area contributed by atoms with Crippen molar-refractivity contribution in [2.45, 2.75) is 85.0 Å². The topological polar surface area (TPSA) is 52.6 Å². The summed E-state index contributed by atoms with van der Waals surface area (Å²) in [6.45, 7) is 7.41. The van der Waals surface area contributed by atoms with Crippen LogP contribution in [0.25, 0.3) is 0 Å². The number of rotatable bonds is 14. The van der Waals surface area contributed by atoms with Gasteiger partial charge in [-0.15, -0.1) is 0 Å². The van der Waals surface area contributed by atoms with Gasteiger partial charge in [0.15, 0.2) is 0 Å². The normalized spacial score (nSPS) is 12.0. The lowest BCUT2D eigenvalue weighted by atomic mass is 10.0. The van der Waals surface area contributed by atoms with Gasteiger partial charge in [0.05, 0.1) is 13.2 Å². The van der Waals surface area contributed by atoms with Crippen LogP contribution in [0.15, 0.2) is 0 Å². The van der Waals surface area contributed by atoms with E-state index in [0.717, 1.165) is 25.7 Å². The van der Waals surface area contributed by atoms with Crippen LogP contribution >= 0.6 is 0 Å². The van der Waals surface area contributed by atoms with Crippen LogP contribution in [0.5, 0.6) is 0 Å². The van der Waals surface area contributed by atoms with Crippen LogP contribution in [0.2, 0.25) is 0 Å². The van der Waals surface area contributed by atoms with Crippen molar-refractivity contribution in [3.63, 3.8) is 0 Å². The summed E-state index contributed by atoms with van der Waals surface area (Å²) >= 11 is 0. The average molecular weight is 314 g/mol. The van der Waals surface area contributed by atoms with E-state index in [1.165, 1.54) is 12.8 Å². The maximum Gasteiger partial charge on any atom is 0.305 e. The molecule has 0 rings (SSSR count). The highest BCUT2D eigenvalue weighted by Crippen LogP contribution is 2.13. The largest absolute Gasteiger partial charge is 0.466 e. The van der Waals surface area contributed by atoms with Crippen molar-refractivity contribution in [2.75, 3.05) is 13.2 Å². The van der Waals surface area contributed by atoms with Gasteiger partial charge in [0.2, 0.25) is 0 Å². The molecule has 0 aliphatic carbocycles. The van der Waals surface area contributed by atoms with Gasteiger partial charge in [-0.05, 0) is 31.6 Å². The van der Waals surface area contributed by atoms with Gasteiger partial charge in [0.25, 0.3) is 0 Å². The molecule has 130 valence electrons. The monoisotopic (exact) mass is 314 g/mol. The van der Waals surface area contributed by atoms with E-state index in [1.807, 2.05) is 0 Å². The van der Waals surface area contributed by atoms with Gasteiger partial charge < -0.3 is 9.47 Å². The standard InChI is InChI=1S/C18H34O4/c1-4-7-11-16(6-3)15-22-18(20)13-10-9-12-17(19)21-14-8-5-2/h16H,4-15H2,1-3H3. The summed E-state index contributed by atoms with van der Waals surface area (Å²) in [6.07, 6.45) is 8.65. The Bertz CT molecular complexity index is 289. The van der Waals surface area contributed by atoms with Gasteiger partial charge >= 0.3 is 11.9 Å². The Hall–Kier alpha value is -1.06. The second-order valence-corrected chi connectivity index (χ2v) is 5.88. The lowest BCUT2D eigenvalue weighted by Crippen LogP contribution is -2.14. The smallest absolute Gasteiger partial charge is 0.305 e. The van der Waals surface area contributed by atoms with Crippen LogP contribution in [-0.4, -0.2) is 25.2 Å². The van der Waals surface area contributed by atoms with Crippen molar-refractivity contribution in [1.29, 1.82) is 0 Å². The van der Waals surface area contributed by atoms with Crippen molar-refractivity contribution in [2.24, 2.45) is 5.92 Å². The Morgan fingerprint density at radius 3 is 1.95 bits per heavy atom. The highest BCUT2D eigenvalue weighted by molar-refractivity contribution is 5.70. The van der Waals surface area contributed by atoms with Crippen LogP contribution in [0.4, 0.5) is 0 Å². The third-order valence-corrected chi connectivity index (χ3v) is 3.80. The minimum atomic E-state index is -0.160. The molecule has 0 radical (unpaired) electrons. The summed E-state index contributed by atoms with van der Waals surface area (Å²) in [5, 5.41) is 0. The Kier molecular flexibility index (Phi) is 14.1. The molecule has 0 heterocycles. The van der Waals surface area contributed by atoms with Gasteiger partial charge in [-0.2, -0.15) is 0 Å². The Balaban J connectivity index is 3.58. The van der Waals surface area contributed by atoms with Crippen molar-refractivity contribution in [3.8, 4) is 0 Å². The van der Waals surface area contributed by atoms with E-state index in [1.54, 1.807) is 0 Å². The van der Waals surface area contributed by atoms with Crippen molar-refractivity contribution < 1.29 is 19.1 Å². The van der Waals surface area contributed by atoms with Gasteiger partial charge in [0, 0.05) is 12.8 Å². The van der Waals surface area contributed by atoms with E-state index >= 15 is 0 Å². The molecule has 0 spiro atoms. The third-order valence-electron chi connectivity index (χ3n) is 3.80. The van der Waals surface area contributed by atoms with E-state index in [4.69, 9.17) is 9.47 Å². The molecule has 0 amide bonds. The Labute approximate surface area is 135 Å². The number of carbonyl (C=O) groups excluding carboxylic acids is 2. The Morgan fingerprint density at radius 2 is 1.41 bits per heavy atom. The zero-order valence-electron chi connectivity index (χ0n) is 14.7. The van der Waals surface area contributed by atoms with Crippen LogP contribution in [0.3, 0.4) is 0 Å². The molecule has 0 saturated heterocycles. The summed E-state index contributed by atoms with van der Waals surface area (Å²) in [5.41, 5.74) is 0. The molecule has 0 saturated carbocycles. The molecule has 0 aromatic heterocycles. The van der Waals surface area contributed by atoms with E-state index in [9.17, 15) is 9.59 Å². The Morgan fingerprint density at radius 1 is 0.818 bits per heavy atom. The van der Waals surface area contributed by atoms with Crippen LogP contribution in [-0.2, 0) is 19.1 Å². The molecule has 1 atom stereocenters. The maximum absolute atomic E-state index is 11.7. The minimum absolute atomic E-state index is 0.144. The zero-order valence-corrected chi connectivity index (χ0v) is 14.7. The molecule has 0 aliphatic heterocycles. The molecule has 0 aliphatic rings. The maximum atomic E-state index is 11.7. The van der Waals surface area contributed by atoms with Crippen LogP contribution < -0.4 is 0 Å². The van der Waals surface area contributed by atoms with Crippen LogP contribution in [0.1, 0.15) is 85.0 Å². The quantitative estimate of drug-likeness (QED) is 0.346. The summed E-state index contributed by atoms with van der Waals surface area (Å²) in [5.74, 6) is 0.180. The average Bonchev–Trinajstić information content (AvgIpc) is 2.52. The van der Waals surface area contributed by atoms with Gasteiger partial charge in [-0.3, -0.25) is 9.59 Å². The number of hydrogen-bond donors (Lipinski definition) is 0. The van der Waals surface area contributed by atoms with E-state index in [0.29, 0.717) is 44.8 Å². The first-order valence-corrected chi connectivity index (χ1v) is 8.95. The third kappa shape index (κ3) is 12.7. The zero-order chi connectivity index (χ0) is 16.6. The summed E-state index contributed by atoms with van der Waals surface area (Å²) in [7, 11) is 0. The first kappa shape index (κ1) is 20.9. The molecule has 0 fully saturated rings. The molecule has 0 bridgehead atoms. The fraction of sp³-hybridized carbons (Fsp3) is 0.889. The van der Waals surface area contributed by atoms with Crippen molar-refractivity contribution >= 4 is 11.9 Å². The van der Waals surface area contributed by atoms with E-state index in [2.05, 4.69) is 20.8 Å². The fourth-order valence-corrected chi connectivity index (χ4v) is 2.12. The summed E-state index contributed by atoms with van der Waals surface area (Å²) in [6, 6.07) is 0. The highest BCUT2D eigenvalue weighted by atomic mass is 16.5. The molecular formula is C18H34O4. The van der Waals surface area contributed by atoms with Crippen molar-refractivity contribution in [3.05, 3.63) is 0 Å². The summed E-state index contributed by atoms with van der Waals surface area (Å²) in [4.78, 5) is 23.0. The van der Waals surface area contributed by atoms with Gasteiger partial charge in [0.1, 0.15) is 0 Å². The lowest BCUT2D eigenvalue weighted by molar-refractivity contribution is -0.146.